The molecule has 0 atom stereocenters. The molecule has 1 aromatic carbocycles. The minimum atomic E-state index is 0.696. The summed E-state index contributed by atoms with van der Waals surface area (Å²) in [5, 5.41) is 19.9. The van der Waals surface area contributed by atoms with Crippen molar-refractivity contribution in [2.24, 2.45) is 0 Å². The molecule has 4 heteroatoms. The molecule has 0 bridgehead atoms. The highest BCUT2D eigenvalue weighted by molar-refractivity contribution is 7.15. The maximum absolute atomic E-state index is 9.23. The SMILES string of the molecule is Cc1ccc(-c2nnc(C3=C4CCCC4=CCC=C3)s2)cc1C#N. The highest BCUT2D eigenvalue weighted by Gasteiger charge is 2.21. The van der Waals surface area contributed by atoms with Crippen molar-refractivity contribution in [1.29, 1.82) is 5.26 Å². The maximum Gasteiger partial charge on any atom is 0.148 e. The summed E-state index contributed by atoms with van der Waals surface area (Å²) in [6.45, 7) is 1.95. The van der Waals surface area contributed by atoms with Gasteiger partial charge in [-0.1, -0.05) is 41.7 Å². The Labute approximate surface area is 145 Å². The van der Waals surface area contributed by atoms with Gasteiger partial charge in [-0.15, -0.1) is 10.2 Å². The molecule has 4 rings (SSSR count). The minimum absolute atomic E-state index is 0.696. The monoisotopic (exact) mass is 331 g/mol. The van der Waals surface area contributed by atoms with E-state index < -0.39 is 0 Å². The molecule has 0 N–H and O–H groups in total. The predicted molar refractivity (Wildman–Crippen MR) is 97.4 cm³/mol. The Hall–Kier alpha value is -2.51. The van der Waals surface area contributed by atoms with Gasteiger partial charge in [0.2, 0.25) is 0 Å². The third-order valence-corrected chi connectivity index (χ3v) is 5.64. The first-order chi connectivity index (χ1) is 11.8. The van der Waals surface area contributed by atoms with Crippen LogP contribution >= 0.6 is 11.3 Å². The standard InChI is InChI=1S/C20H17N3S/c1-13-9-10-15(11-16(13)12-21)19-22-23-20(24-19)18-7-3-2-5-14-6-4-8-17(14)18/h3,5,7,9-11H,2,4,6,8H2,1H3. The molecular formula is C20H17N3S. The van der Waals surface area contributed by atoms with E-state index in [1.807, 2.05) is 25.1 Å². The van der Waals surface area contributed by atoms with E-state index in [2.05, 4.69) is 34.5 Å². The number of hydrogen-bond acceptors (Lipinski definition) is 4. The molecular weight excluding hydrogens is 314 g/mol. The number of nitriles is 1. The molecule has 2 aliphatic rings. The normalized spacial score (nSPS) is 16.6. The van der Waals surface area contributed by atoms with E-state index in [0.29, 0.717) is 5.56 Å². The first kappa shape index (κ1) is 15.0. The average molecular weight is 331 g/mol. The molecule has 1 fully saturated rings. The van der Waals surface area contributed by atoms with Gasteiger partial charge in [-0.3, -0.25) is 0 Å². The van der Waals surface area contributed by atoms with E-state index in [4.69, 9.17) is 0 Å². The summed E-state index contributed by atoms with van der Waals surface area (Å²) in [5.41, 5.74) is 6.80. The fraction of sp³-hybridized carbons (Fsp3) is 0.250. The largest absolute Gasteiger partial charge is 0.192 e. The molecule has 1 heterocycles. The van der Waals surface area contributed by atoms with Gasteiger partial charge < -0.3 is 0 Å². The smallest absolute Gasteiger partial charge is 0.148 e. The molecule has 0 radical (unpaired) electrons. The predicted octanol–water partition coefficient (Wildman–Crippen LogP) is 5.21. The lowest BCUT2D eigenvalue weighted by Crippen LogP contribution is -1.87. The molecule has 24 heavy (non-hydrogen) atoms. The van der Waals surface area contributed by atoms with E-state index in [0.717, 1.165) is 34.0 Å². The number of rotatable bonds is 2. The van der Waals surface area contributed by atoms with Crippen LogP contribution in [0.2, 0.25) is 0 Å². The highest BCUT2D eigenvalue weighted by Crippen LogP contribution is 2.40. The Balaban J connectivity index is 1.76. The van der Waals surface area contributed by atoms with Gasteiger partial charge in [0.25, 0.3) is 0 Å². The molecule has 0 aliphatic heterocycles. The zero-order valence-corrected chi connectivity index (χ0v) is 14.4. The summed E-state index contributed by atoms with van der Waals surface area (Å²) in [6, 6.07) is 8.14. The van der Waals surface area contributed by atoms with Crippen molar-refractivity contribution in [3.05, 3.63) is 63.7 Å². The maximum atomic E-state index is 9.23. The quantitative estimate of drug-likeness (QED) is 0.759. The number of nitrogens with zero attached hydrogens (tertiary/aromatic N) is 3. The third kappa shape index (κ3) is 2.61. The molecule has 3 nitrogen and oxygen atoms in total. The fourth-order valence-corrected chi connectivity index (χ4v) is 4.21. The highest BCUT2D eigenvalue weighted by atomic mass is 32.1. The lowest BCUT2D eigenvalue weighted by Gasteiger charge is -2.04. The van der Waals surface area contributed by atoms with Crippen molar-refractivity contribution in [3.8, 4) is 16.6 Å². The number of fused-ring (bicyclic) bond motifs is 1. The van der Waals surface area contributed by atoms with Gasteiger partial charge in [0.15, 0.2) is 0 Å². The summed E-state index contributed by atoms with van der Waals surface area (Å²) < 4.78 is 0. The third-order valence-electron chi connectivity index (χ3n) is 4.63. The molecule has 2 aliphatic carbocycles. The van der Waals surface area contributed by atoms with Crippen LogP contribution in [-0.2, 0) is 0 Å². The summed E-state index contributed by atoms with van der Waals surface area (Å²) in [7, 11) is 0. The molecule has 118 valence electrons. The second-order valence-corrected chi connectivity index (χ2v) is 7.14. The summed E-state index contributed by atoms with van der Waals surface area (Å²) >= 11 is 1.61. The van der Waals surface area contributed by atoms with E-state index in [1.165, 1.54) is 29.6 Å². The molecule has 1 aromatic heterocycles. The Morgan fingerprint density at radius 2 is 2.04 bits per heavy atom. The molecule has 0 amide bonds. The topological polar surface area (TPSA) is 49.6 Å². The number of allylic oxidation sites excluding steroid dienone is 6. The van der Waals surface area contributed by atoms with E-state index in [-0.39, 0.29) is 0 Å². The van der Waals surface area contributed by atoms with Crippen LogP contribution in [0, 0.1) is 18.3 Å². The first-order valence-corrected chi connectivity index (χ1v) is 9.02. The number of hydrogen-bond donors (Lipinski definition) is 0. The average Bonchev–Trinajstić information content (AvgIpc) is 3.22. The summed E-state index contributed by atoms with van der Waals surface area (Å²) in [6.07, 6.45) is 11.3. The summed E-state index contributed by atoms with van der Waals surface area (Å²) in [5.74, 6) is 0. The van der Waals surface area contributed by atoms with E-state index >= 15 is 0 Å². The minimum Gasteiger partial charge on any atom is -0.192 e. The molecule has 2 aromatic rings. The van der Waals surface area contributed by atoms with Crippen LogP contribution < -0.4 is 0 Å². The van der Waals surface area contributed by atoms with Crippen LogP contribution in [0.3, 0.4) is 0 Å². The molecule has 0 spiro atoms. The van der Waals surface area contributed by atoms with Gasteiger partial charge in [-0.25, -0.2) is 0 Å². The van der Waals surface area contributed by atoms with Crippen molar-refractivity contribution in [2.45, 2.75) is 32.6 Å². The van der Waals surface area contributed by atoms with Crippen LogP contribution in [0.25, 0.3) is 16.1 Å². The van der Waals surface area contributed by atoms with E-state index in [9.17, 15) is 5.26 Å². The Bertz CT molecular complexity index is 938. The first-order valence-electron chi connectivity index (χ1n) is 8.20. The summed E-state index contributed by atoms with van der Waals surface area (Å²) in [4.78, 5) is 0. The van der Waals surface area contributed by atoms with Crippen molar-refractivity contribution in [3.63, 3.8) is 0 Å². The molecule has 0 saturated heterocycles. The number of aromatic nitrogens is 2. The lowest BCUT2D eigenvalue weighted by molar-refractivity contribution is 0.930. The van der Waals surface area contributed by atoms with Crippen LogP contribution in [0.5, 0.6) is 0 Å². The zero-order chi connectivity index (χ0) is 16.5. The Morgan fingerprint density at radius 1 is 1.17 bits per heavy atom. The van der Waals surface area contributed by atoms with Gasteiger partial charge in [0.1, 0.15) is 10.0 Å². The second-order valence-electron chi connectivity index (χ2n) is 6.17. The zero-order valence-electron chi connectivity index (χ0n) is 13.5. The van der Waals surface area contributed by atoms with Crippen molar-refractivity contribution >= 4 is 16.9 Å². The van der Waals surface area contributed by atoms with E-state index in [1.54, 1.807) is 11.3 Å². The van der Waals surface area contributed by atoms with Gasteiger partial charge in [-0.05, 0) is 55.4 Å². The van der Waals surface area contributed by atoms with Gasteiger partial charge in [-0.2, -0.15) is 5.26 Å². The lowest BCUT2D eigenvalue weighted by atomic mass is 10.0. The van der Waals surface area contributed by atoms with Gasteiger partial charge >= 0.3 is 0 Å². The van der Waals surface area contributed by atoms with Crippen LogP contribution in [0.4, 0.5) is 0 Å². The van der Waals surface area contributed by atoms with Gasteiger partial charge in [0.05, 0.1) is 11.6 Å². The van der Waals surface area contributed by atoms with Crippen LogP contribution in [0.15, 0.2) is 47.6 Å². The second kappa shape index (κ2) is 6.18. The van der Waals surface area contributed by atoms with Crippen molar-refractivity contribution in [1.82, 2.24) is 10.2 Å². The Morgan fingerprint density at radius 3 is 2.92 bits per heavy atom. The number of aryl methyl sites for hydroxylation is 1. The van der Waals surface area contributed by atoms with Crippen molar-refractivity contribution in [2.75, 3.05) is 0 Å². The Kier molecular flexibility index (Phi) is 3.87. The van der Waals surface area contributed by atoms with Crippen molar-refractivity contribution < 1.29 is 0 Å². The fourth-order valence-electron chi connectivity index (χ4n) is 3.32. The van der Waals surface area contributed by atoms with Crippen LogP contribution in [0.1, 0.15) is 41.8 Å². The van der Waals surface area contributed by atoms with Crippen LogP contribution in [-0.4, -0.2) is 10.2 Å². The van der Waals surface area contributed by atoms with Gasteiger partial charge in [0, 0.05) is 11.1 Å². The molecule has 1 saturated carbocycles. The number of benzene rings is 1. The molecule has 0 unspecified atom stereocenters.